The van der Waals surface area contributed by atoms with E-state index in [4.69, 9.17) is 9.72 Å². The van der Waals surface area contributed by atoms with Crippen LogP contribution in [0.15, 0.2) is 64.5 Å². The molecule has 6 nitrogen and oxygen atoms in total. The van der Waals surface area contributed by atoms with E-state index < -0.39 is 0 Å². The predicted octanol–water partition coefficient (Wildman–Crippen LogP) is 3.44. The number of quaternary nitrogens is 1. The molecule has 0 unspecified atom stereocenters. The van der Waals surface area contributed by atoms with Crippen LogP contribution in [0.3, 0.4) is 0 Å². The van der Waals surface area contributed by atoms with Gasteiger partial charge in [-0.25, -0.2) is 4.98 Å². The number of H-pyrrole nitrogens is 1. The average Bonchev–Trinajstić information content (AvgIpc) is 3.14. The summed E-state index contributed by atoms with van der Waals surface area (Å²) >= 11 is 1.66. The molecule has 4 aromatic rings. The van der Waals surface area contributed by atoms with Crippen molar-refractivity contribution in [1.29, 1.82) is 0 Å². The van der Waals surface area contributed by atoms with Gasteiger partial charge in [-0.1, -0.05) is 48.2 Å². The first-order valence-electron chi connectivity index (χ1n) is 10.3. The number of nitrogens with one attached hydrogen (secondary N) is 1. The number of nitrogens with zero attached hydrogens (tertiary/aromatic N) is 3. The monoisotopic (exact) mass is 421 g/mol. The molecule has 0 spiro atoms. The number of aromatic nitrogens is 3. The molecule has 0 bridgehead atoms. The molecule has 3 heterocycles. The number of ether oxygens (including phenoxy) is 1. The minimum Gasteiger partial charge on any atom is -0.370 e. The molecule has 0 atom stereocenters. The van der Waals surface area contributed by atoms with E-state index in [1.165, 1.54) is 0 Å². The highest BCUT2D eigenvalue weighted by Gasteiger charge is 2.25. The summed E-state index contributed by atoms with van der Waals surface area (Å²) in [6, 6.07) is 17.7. The number of hydrogen-bond donors (Lipinski definition) is 1. The topological polar surface area (TPSA) is 59.9 Å². The first-order chi connectivity index (χ1) is 14.6. The van der Waals surface area contributed by atoms with Crippen molar-refractivity contribution in [2.45, 2.75) is 5.16 Å². The SMILES string of the molecule is C[N+]1(CCSc2nc3c([nH]c4ccccc43)c(=O)n2-c2ccccc2)CCOCC1. The summed E-state index contributed by atoms with van der Waals surface area (Å²) in [4.78, 5) is 21.7. The second kappa shape index (κ2) is 7.91. The lowest BCUT2D eigenvalue weighted by atomic mass is 10.2. The molecule has 5 rings (SSSR count). The van der Waals surface area contributed by atoms with Crippen LogP contribution in [-0.4, -0.2) is 64.7 Å². The molecule has 0 radical (unpaired) electrons. The summed E-state index contributed by atoms with van der Waals surface area (Å²) in [5.41, 5.74) is 3.01. The second-order valence-electron chi connectivity index (χ2n) is 8.02. The minimum absolute atomic E-state index is 0.0586. The second-order valence-corrected chi connectivity index (χ2v) is 9.08. The van der Waals surface area contributed by atoms with Crippen LogP contribution in [0, 0.1) is 0 Å². The van der Waals surface area contributed by atoms with Crippen molar-refractivity contribution in [1.82, 2.24) is 14.5 Å². The fourth-order valence-corrected chi connectivity index (χ4v) is 5.20. The Balaban J connectivity index is 1.57. The summed E-state index contributed by atoms with van der Waals surface area (Å²) in [5.74, 6) is 0.892. The largest absolute Gasteiger partial charge is 0.370 e. The number of hydrogen-bond acceptors (Lipinski definition) is 4. The maximum absolute atomic E-state index is 13.5. The van der Waals surface area contributed by atoms with Crippen LogP contribution >= 0.6 is 11.8 Å². The van der Waals surface area contributed by atoms with Crippen molar-refractivity contribution in [2.24, 2.45) is 0 Å². The molecule has 1 aliphatic heterocycles. The van der Waals surface area contributed by atoms with Crippen molar-refractivity contribution in [2.75, 3.05) is 45.6 Å². The first-order valence-corrected chi connectivity index (χ1v) is 11.3. The van der Waals surface area contributed by atoms with E-state index in [0.29, 0.717) is 5.52 Å². The number of likely N-dealkylation sites (N-methyl/N-ethyl adjacent to an activating group) is 1. The Labute approximate surface area is 179 Å². The van der Waals surface area contributed by atoms with Gasteiger partial charge in [0.05, 0.1) is 38.2 Å². The smallest absolute Gasteiger partial charge is 0.283 e. The maximum atomic E-state index is 13.5. The van der Waals surface area contributed by atoms with Crippen molar-refractivity contribution < 1.29 is 9.22 Å². The molecule has 0 aliphatic carbocycles. The van der Waals surface area contributed by atoms with Crippen molar-refractivity contribution >= 4 is 33.7 Å². The zero-order chi connectivity index (χ0) is 20.6. The predicted molar refractivity (Wildman–Crippen MR) is 122 cm³/mol. The van der Waals surface area contributed by atoms with Gasteiger partial charge in [-0.3, -0.25) is 9.36 Å². The quantitative estimate of drug-likeness (QED) is 0.305. The van der Waals surface area contributed by atoms with Gasteiger partial charge in [0, 0.05) is 10.9 Å². The molecule has 1 saturated heterocycles. The third-order valence-electron chi connectivity index (χ3n) is 5.92. The van der Waals surface area contributed by atoms with Gasteiger partial charge in [0.25, 0.3) is 5.56 Å². The van der Waals surface area contributed by atoms with Crippen LogP contribution in [0.4, 0.5) is 0 Å². The fourth-order valence-electron chi connectivity index (χ4n) is 4.01. The summed E-state index contributed by atoms with van der Waals surface area (Å²) in [7, 11) is 2.28. The zero-order valence-corrected chi connectivity index (χ0v) is 17.8. The molecular formula is C23H25N4O2S+. The van der Waals surface area contributed by atoms with Crippen LogP contribution in [0.5, 0.6) is 0 Å². The van der Waals surface area contributed by atoms with Gasteiger partial charge in [-0.15, -0.1) is 0 Å². The van der Waals surface area contributed by atoms with Crippen molar-refractivity contribution in [3.63, 3.8) is 0 Å². The van der Waals surface area contributed by atoms with E-state index in [1.54, 1.807) is 16.3 Å². The van der Waals surface area contributed by atoms with E-state index in [-0.39, 0.29) is 5.56 Å². The number of para-hydroxylation sites is 2. The van der Waals surface area contributed by atoms with Gasteiger partial charge in [-0.05, 0) is 18.2 Å². The summed E-state index contributed by atoms with van der Waals surface area (Å²) in [5, 5.41) is 1.72. The van der Waals surface area contributed by atoms with E-state index in [2.05, 4.69) is 12.0 Å². The number of rotatable bonds is 5. The number of benzene rings is 2. The normalized spacial score (nSPS) is 16.3. The Morgan fingerprint density at radius 3 is 2.63 bits per heavy atom. The number of thioether (sulfide) groups is 1. The van der Waals surface area contributed by atoms with Gasteiger partial charge in [0.2, 0.25) is 0 Å². The molecule has 0 saturated carbocycles. The van der Waals surface area contributed by atoms with E-state index in [0.717, 1.165) is 70.3 Å². The lowest BCUT2D eigenvalue weighted by Gasteiger charge is -2.37. The molecule has 0 amide bonds. The summed E-state index contributed by atoms with van der Waals surface area (Å²) in [6.45, 7) is 4.71. The van der Waals surface area contributed by atoms with E-state index in [1.807, 2.05) is 54.6 Å². The highest BCUT2D eigenvalue weighted by molar-refractivity contribution is 7.99. The first kappa shape index (κ1) is 19.4. The number of morpholine rings is 1. The molecule has 30 heavy (non-hydrogen) atoms. The lowest BCUT2D eigenvalue weighted by Crippen LogP contribution is -2.53. The van der Waals surface area contributed by atoms with Crippen molar-refractivity contribution in [3.05, 3.63) is 65.0 Å². The van der Waals surface area contributed by atoms with E-state index >= 15 is 0 Å². The molecule has 7 heteroatoms. The van der Waals surface area contributed by atoms with Gasteiger partial charge >= 0.3 is 0 Å². The van der Waals surface area contributed by atoms with Crippen LogP contribution in [-0.2, 0) is 4.74 Å². The van der Waals surface area contributed by atoms with Gasteiger partial charge in [-0.2, -0.15) is 0 Å². The Morgan fingerprint density at radius 1 is 1.10 bits per heavy atom. The highest BCUT2D eigenvalue weighted by Crippen LogP contribution is 2.26. The van der Waals surface area contributed by atoms with Crippen LogP contribution in [0.2, 0.25) is 0 Å². The molecular weight excluding hydrogens is 396 g/mol. The lowest BCUT2D eigenvalue weighted by molar-refractivity contribution is -0.914. The number of fused-ring (bicyclic) bond motifs is 3. The third-order valence-corrected chi connectivity index (χ3v) is 6.84. The zero-order valence-electron chi connectivity index (χ0n) is 17.0. The van der Waals surface area contributed by atoms with Gasteiger partial charge in [0.15, 0.2) is 5.16 Å². The van der Waals surface area contributed by atoms with Crippen LogP contribution in [0.25, 0.3) is 27.6 Å². The fraction of sp³-hybridized carbons (Fsp3) is 0.304. The Kier molecular flexibility index (Phi) is 5.10. The van der Waals surface area contributed by atoms with Crippen molar-refractivity contribution in [3.8, 4) is 5.69 Å². The Bertz CT molecular complexity index is 1240. The molecule has 1 fully saturated rings. The minimum atomic E-state index is -0.0586. The standard InChI is InChI=1S/C23H24N4O2S/c1-27(11-14-29-15-12-27)13-16-30-23-25-20-18-9-5-6-10-19(18)24-21(20)22(28)26(23)17-7-3-2-4-8-17/h2-10H,11-16H2,1H3/p+1. The van der Waals surface area contributed by atoms with E-state index in [9.17, 15) is 4.79 Å². The van der Waals surface area contributed by atoms with Gasteiger partial charge in [0.1, 0.15) is 24.1 Å². The maximum Gasteiger partial charge on any atom is 0.283 e. The molecule has 2 aromatic carbocycles. The summed E-state index contributed by atoms with van der Waals surface area (Å²) < 4.78 is 8.25. The average molecular weight is 422 g/mol. The molecule has 154 valence electrons. The Hall–Kier alpha value is -2.61. The molecule has 1 N–H and O–H groups in total. The summed E-state index contributed by atoms with van der Waals surface area (Å²) in [6.07, 6.45) is 0. The van der Waals surface area contributed by atoms with Gasteiger partial charge < -0.3 is 14.2 Å². The number of aromatic amines is 1. The molecule has 2 aromatic heterocycles. The highest BCUT2D eigenvalue weighted by atomic mass is 32.2. The third kappa shape index (κ3) is 3.53. The molecule has 1 aliphatic rings. The van der Waals surface area contributed by atoms with Crippen LogP contribution in [0.1, 0.15) is 0 Å². The van der Waals surface area contributed by atoms with Crippen LogP contribution < -0.4 is 5.56 Å². The Morgan fingerprint density at radius 2 is 1.83 bits per heavy atom.